The molecule has 0 saturated heterocycles. The molecule has 1 fully saturated rings. The first kappa shape index (κ1) is 14.1. The number of aryl methyl sites for hydroxylation is 1. The second-order valence-electron chi connectivity index (χ2n) is 5.89. The Morgan fingerprint density at radius 1 is 1.24 bits per heavy atom. The second-order valence-corrected chi connectivity index (χ2v) is 5.89. The van der Waals surface area contributed by atoms with Gasteiger partial charge in [0.2, 0.25) is 0 Å². The second kappa shape index (κ2) is 6.29. The van der Waals surface area contributed by atoms with Gasteiger partial charge >= 0.3 is 11.9 Å². The molecule has 0 atom stereocenters. The average Bonchev–Trinajstić information content (AvgIpc) is 2.89. The van der Waals surface area contributed by atoms with E-state index in [4.69, 9.17) is 0 Å². The number of anilines is 1. The largest absolute Gasteiger partial charge is 0.358 e. The highest BCUT2D eigenvalue weighted by atomic mass is 16.2. The van der Waals surface area contributed by atoms with Crippen LogP contribution in [0, 0.1) is 0 Å². The molecule has 0 bridgehead atoms. The van der Waals surface area contributed by atoms with Gasteiger partial charge in [0.1, 0.15) is 5.69 Å². The summed E-state index contributed by atoms with van der Waals surface area (Å²) in [4.78, 5) is 17.4. The van der Waals surface area contributed by atoms with Gasteiger partial charge in [-0.1, -0.05) is 31.5 Å². The Labute approximate surface area is 126 Å². The third-order valence-electron chi connectivity index (χ3n) is 4.51. The number of hydrogen-bond donors (Lipinski definition) is 2. The topological polar surface area (TPSA) is 46.3 Å². The zero-order valence-corrected chi connectivity index (χ0v) is 12.7. The Morgan fingerprint density at radius 2 is 2.00 bits per heavy atom. The van der Waals surface area contributed by atoms with E-state index in [1.165, 1.54) is 24.8 Å². The molecule has 1 saturated carbocycles. The van der Waals surface area contributed by atoms with Crippen LogP contribution in [0.2, 0.25) is 0 Å². The third-order valence-corrected chi connectivity index (χ3v) is 4.51. The molecule has 112 valence electrons. The fourth-order valence-electron chi connectivity index (χ4n) is 3.36. The minimum absolute atomic E-state index is 0.193. The smallest absolute Gasteiger partial charge is 0.266 e. The van der Waals surface area contributed by atoms with Crippen molar-refractivity contribution < 1.29 is 9.79 Å². The fraction of sp³-hybridized carbons (Fsp3) is 0.529. The van der Waals surface area contributed by atoms with Crippen LogP contribution in [-0.2, 0) is 11.2 Å². The Bertz CT molecular complexity index is 547. The summed E-state index contributed by atoms with van der Waals surface area (Å²) in [5.41, 5.74) is 2.37. The molecule has 0 spiro atoms. The van der Waals surface area contributed by atoms with Gasteiger partial charge in [0.05, 0.1) is 6.04 Å². The third kappa shape index (κ3) is 2.94. The lowest BCUT2D eigenvalue weighted by molar-refractivity contribution is -0.438. The molecule has 21 heavy (non-hydrogen) atoms. The van der Waals surface area contributed by atoms with Crippen LogP contribution in [0.4, 0.5) is 5.69 Å². The number of carbonyl (C=O) groups excluding carboxylic acids is 1. The number of nitrogens with zero attached hydrogens (tertiary/aromatic N) is 1. The van der Waals surface area contributed by atoms with Crippen LogP contribution in [0.3, 0.4) is 0 Å². The maximum absolute atomic E-state index is 12.2. The number of amides is 1. The lowest BCUT2D eigenvalue weighted by atomic mass is 9.94. The van der Waals surface area contributed by atoms with E-state index in [9.17, 15) is 4.79 Å². The molecule has 4 heteroatoms. The van der Waals surface area contributed by atoms with Gasteiger partial charge in [0.15, 0.2) is 6.54 Å². The van der Waals surface area contributed by atoms with Gasteiger partial charge in [0, 0.05) is 0 Å². The van der Waals surface area contributed by atoms with E-state index in [1.54, 1.807) is 0 Å². The van der Waals surface area contributed by atoms with Crippen LogP contribution in [0.5, 0.6) is 0 Å². The predicted octanol–water partition coefficient (Wildman–Crippen LogP) is 1.27. The Kier molecular flexibility index (Phi) is 4.23. The number of hydrogen-bond acceptors (Lipinski definition) is 2. The van der Waals surface area contributed by atoms with Crippen molar-refractivity contribution in [3.63, 3.8) is 0 Å². The zero-order valence-electron chi connectivity index (χ0n) is 12.7. The lowest BCUT2D eigenvalue weighted by Gasteiger charge is -2.26. The molecule has 2 aliphatic rings. The predicted molar refractivity (Wildman–Crippen MR) is 84.0 cm³/mol. The van der Waals surface area contributed by atoms with E-state index in [0.717, 1.165) is 30.9 Å². The van der Waals surface area contributed by atoms with Crippen molar-refractivity contribution in [3.8, 4) is 0 Å². The minimum Gasteiger partial charge on any atom is -0.266 e. The van der Waals surface area contributed by atoms with Crippen molar-refractivity contribution in [2.45, 2.75) is 51.5 Å². The number of rotatable bonds is 3. The Hall–Kier alpha value is -1.84. The molecule has 4 nitrogen and oxygen atoms in total. The lowest BCUT2D eigenvalue weighted by Crippen LogP contribution is -2.73. The highest BCUT2D eigenvalue weighted by Crippen LogP contribution is 2.24. The summed E-state index contributed by atoms with van der Waals surface area (Å²) in [6, 6.07) is 8.66. The van der Waals surface area contributed by atoms with Gasteiger partial charge in [-0.2, -0.15) is 4.90 Å². The standard InChI is InChI=1S/C17H23N3O/c1-2-13-8-6-7-11-15(13)19-17-18-12-16(21)20(17)14-9-4-3-5-10-14/h6-8,11,14H,2-5,9-10,12H2,1H3,(H,18,19)/p+1. The van der Waals surface area contributed by atoms with Crippen LogP contribution in [0.25, 0.3) is 0 Å². The van der Waals surface area contributed by atoms with Crippen LogP contribution in [-0.4, -0.2) is 29.4 Å². The highest BCUT2D eigenvalue weighted by molar-refractivity contribution is 6.04. The first-order chi connectivity index (χ1) is 10.3. The van der Waals surface area contributed by atoms with E-state index in [2.05, 4.69) is 35.4 Å². The van der Waals surface area contributed by atoms with Gasteiger partial charge < -0.3 is 0 Å². The molecule has 3 rings (SSSR count). The number of para-hydroxylation sites is 1. The molecule has 1 amide bonds. The normalized spacial score (nSPS) is 19.8. The zero-order chi connectivity index (χ0) is 14.7. The summed E-state index contributed by atoms with van der Waals surface area (Å²) >= 11 is 0. The number of benzene rings is 1. The molecular formula is C17H24N3O+. The number of guanidine groups is 1. The van der Waals surface area contributed by atoms with Crippen molar-refractivity contribution >= 4 is 17.6 Å². The van der Waals surface area contributed by atoms with E-state index in [1.807, 2.05) is 11.0 Å². The van der Waals surface area contributed by atoms with Crippen molar-refractivity contribution in [1.82, 2.24) is 4.90 Å². The molecule has 0 radical (unpaired) electrons. The van der Waals surface area contributed by atoms with Crippen LogP contribution < -0.4 is 10.3 Å². The van der Waals surface area contributed by atoms with Crippen LogP contribution in [0.15, 0.2) is 24.3 Å². The van der Waals surface area contributed by atoms with Crippen molar-refractivity contribution in [3.05, 3.63) is 29.8 Å². The molecule has 2 N–H and O–H groups in total. The summed E-state index contributed by atoms with van der Waals surface area (Å²) < 4.78 is 0. The van der Waals surface area contributed by atoms with E-state index >= 15 is 0 Å². The Balaban J connectivity index is 1.78. The van der Waals surface area contributed by atoms with Crippen LogP contribution in [0.1, 0.15) is 44.6 Å². The van der Waals surface area contributed by atoms with Gasteiger partial charge in [-0.3, -0.25) is 9.79 Å². The van der Waals surface area contributed by atoms with Crippen molar-refractivity contribution in [2.24, 2.45) is 0 Å². The van der Waals surface area contributed by atoms with Gasteiger partial charge in [-0.05, 0) is 43.7 Å². The van der Waals surface area contributed by atoms with Gasteiger partial charge in [0.25, 0.3) is 0 Å². The summed E-state index contributed by atoms with van der Waals surface area (Å²) in [5, 5.41) is 3.45. The molecule has 1 aliphatic carbocycles. The van der Waals surface area contributed by atoms with Gasteiger partial charge in [-0.25, -0.2) is 5.32 Å². The highest BCUT2D eigenvalue weighted by Gasteiger charge is 2.39. The maximum atomic E-state index is 12.2. The molecule has 1 aromatic carbocycles. The van der Waals surface area contributed by atoms with Crippen molar-refractivity contribution in [1.29, 1.82) is 0 Å². The molecule has 1 heterocycles. The first-order valence-electron chi connectivity index (χ1n) is 8.07. The average molecular weight is 286 g/mol. The maximum Gasteiger partial charge on any atom is 0.358 e. The first-order valence-corrected chi connectivity index (χ1v) is 8.07. The number of carbonyl (C=O) groups is 1. The van der Waals surface area contributed by atoms with E-state index in [0.29, 0.717) is 12.6 Å². The van der Waals surface area contributed by atoms with Crippen molar-refractivity contribution in [2.75, 3.05) is 11.9 Å². The Morgan fingerprint density at radius 3 is 2.76 bits per heavy atom. The summed E-state index contributed by atoms with van der Waals surface area (Å²) in [7, 11) is 0. The fourth-order valence-corrected chi connectivity index (χ4v) is 3.36. The van der Waals surface area contributed by atoms with E-state index in [-0.39, 0.29) is 5.91 Å². The van der Waals surface area contributed by atoms with Crippen LogP contribution >= 0.6 is 0 Å². The quantitative estimate of drug-likeness (QED) is 0.879. The molecule has 1 aromatic rings. The SMILES string of the molecule is CCc1ccccc1NC1=[NH+]CC(=O)N1C1CCCCC1. The summed E-state index contributed by atoms with van der Waals surface area (Å²) in [5.74, 6) is 1.06. The molecule has 0 unspecified atom stereocenters. The minimum atomic E-state index is 0.193. The molecule has 1 aliphatic heterocycles. The van der Waals surface area contributed by atoms with E-state index < -0.39 is 0 Å². The monoisotopic (exact) mass is 286 g/mol. The summed E-state index contributed by atoms with van der Waals surface area (Å²) in [6.45, 7) is 2.56. The molecular weight excluding hydrogens is 262 g/mol. The molecule has 0 aromatic heterocycles. The van der Waals surface area contributed by atoms with Gasteiger partial charge in [-0.15, -0.1) is 0 Å². The summed E-state index contributed by atoms with van der Waals surface area (Å²) in [6.07, 6.45) is 6.98. The number of nitrogens with one attached hydrogen (secondary N) is 2.